The normalized spacial score (nSPS) is 11.9. The van der Waals surface area contributed by atoms with Crippen molar-refractivity contribution in [2.45, 2.75) is 38.7 Å². The average molecular weight is 208 g/mol. The van der Waals surface area contributed by atoms with Crippen LogP contribution >= 0.6 is 0 Å². The summed E-state index contributed by atoms with van der Waals surface area (Å²) in [5.41, 5.74) is 4.78. The summed E-state index contributed by atoms with van der Waals surface area (Å²) in [6, 6.07) is 0. The Hall–Kier alpha value is -0.710. The van der Waals surface area contributed by atoms with E-state index in [0.29, 0.717) is 12.8 Å². The molecule has 0 aromatic carbocycles. The molecule has 5 heteroatoms. The first-order valence-electron chi connectivity index (χ1n) is 4.70. The molecule has 0 aromatic heterocycles. The van der Waals surface area contributed by atoms with Gasteiger partial charge in [0.15, 0.2) is 0 Å². The van der Waals surface area contributed by atoms with Gasteiger partial charge in [-0.05, 0) is 12.8 Å². The van der Waals surface area contributed by atoms with Crippen LogP contribution in [0.15, 0.2) is 0 Å². The summed E-state index contributed by atoms with van der Waals surface area (Å²) >= 11 is 0. The summed E-state index contributed by atoms with van der Waals surface area (Å²) in [4.78, 5) is 12.6. The lowest BCUT2D eigenvalue weighted by atomic mass is 9.92. The molecule has 2 N–H and O–H groups in total. The van der Waals surface area contributed by atoms with Crippen LogP contribution in [0.25, 0.3) is 0 Å². The number of nitrogens with two attached hydrogens (primary N) is 1. The molecule has 0 saturated heterocycles. The smallest absolute Gasteiger partial charge is 0.255 e. The molecule has 3 nitrogen and oxygen atoms in total. The molecule has 1 amide bonds. The largest absolute Gasteiger partial charge is 0.338 e. The number of hydrogen-bond donors (Lipinski definition) is 1. The number of hydrogen-bond acceptors (Lipinski definition) is 2. The van der Waals surface area contributed by atoms with Gasteiger partial charge in [0.25, 0.3) is 6.43 Å². The lowest BCUT2D eigenvalue weighted by Gasteiger charge is -2.30. The zero-order chi connectivity index (χ0) is 11.4. The second-order valence-corrected chi connectivity index (χ2v) is 3.44. The van der Waals surface area contributed by atoms with Crippen molar-refractivity contribution >= 4 is 5.91 Å². The van der Waals surface area contributed by atoms with Gasteiger partial charge in [-0.15, -0.1) is 0 Å². The zero-order valence-corrected chi connectivity index (χ0v) is 8.89. The molecular formula is C9H18F2N2O. The standard InChI is InChI=1S/C9H18F2N2O/c1-4-9(12,5-2)8(14)13(3)6-7(10)11/h7H,4-6,12H2,1-3H3. The molecule has 0 rings (SSSR count). The highest BCUT2D eigenvalue weighted by atomic mass is 19.3. The van der Waals surface area contributed by atoms with Crippen molar-refractivity contribution < 1.29 is 13.6 Å². The highest BCUT2D eigenvalue weighted by Gasteiger charge is 2.33. The first-order chi connectivity index (χ1) is 6.37. The molecule has 0 aliphatic carbocycles. The van der Waals surface area contributed by atoms with Gasteiger partial charge < -0.3 is 10.6 Å². The Morgan fingerprint density at radius 3 is 2.14 bits per heavy atom. The minimum atomic E-state index is -2.51. The predicted octanol–water partition coefficient (Wildman–Crippen LogP) is 1.23. The highest BCUT2D eigenvalue weighted by molar-refractivity contribution is 5.85. The monoisotopic (exact) mass is 208 g/mol. The van der Waals surface area contributed by atoms with Gasteiger partial charge in [-0.1, -0.05) is 13.8 Å². The van der Waals surface area contributed by atoms with Crippen molar-refractivity contribution in [1.82, 2.24) is 4.90 Å². The minimum absolute atomic E-state index is 0.414. The maximum atomic E-state index is 12.0. The fourth-order valence-electron chi connectivity index (χ4n) is 1.22. The summed E-state index contributed by atoms with van der Waals surface area (Å²) in [6.07, 6.45) is -1.60. The van der Waals surface area contributed by atoms with Crippen molar-refractivity contribution in [3.63, 3.8) is 0 Å². The number of amides is 1. The zero-order valence-electron chi connectivity index (χ0n) is 8.89. The Balaban J connectivity index is 4.43. The van der Waals surface area contributed by atoms with Crippen LogP contribution in [0.3, 0.4) is 0 Å². The van der Waals surface area contributed by atoms with Gasteiger partial charge in [0.05, 0.1) is 12.1 Å². The van der Waals surface area contributed by atoms with E-state index in [4.69, 9.17) is 5.73 Å². The first-order valence-corrected chi connectivity index (χ1v) is 4.70. The van der Waals surface area contributed by atoms with E-state index in [1.807, 2.05) is 0 Å². The molecule has 0 spiro atoms. The Kier molecular flexibility index (Phi) is 4.97. The predicted molar refractivity (Wildman–Crippen MR) is 51.1 cm³/mol. The number of carbonyl (C=O) groups excluding carboxylic acids is 1. The van der Waals surface area contributed by atoms with Crippen LogP contribution in [0.4, 0.5) is 8.78 Å². The summed E-state index contributed by atoms with van der Waals surface area (Å²) in [5, 5.41) is 0. The lowest BCUT2D eigenvalue weighted by Crippen LogP contribution is -2.54. The summed E-state index contributed by atoms with van der Waals surface area (Å²) < 4.78 is 24.0. The van der Waals surface area contributed by atoms with E-state index in [1.165, 1.54) is 7.05 Å². The second kappa shape index (κ2) is 5.24. The summed E-state index contributed by atoms with van der Waals surface area (Å²) in [5.74, 6) is -0.414. The number of rotatable bonds is 5. The third-order valence-corrected chi connectivity index (χ3v) is 2.45. The molecule has 84 valence electrons. The van der Waals surface area contributed by atoms with Crippen LogP contribution in [0.5, 0.6) is 0 Å². The second-order valence-electron chi connectivity index (χ2n) is 3.44. The number of nitrogens with zero attached hydrogens (tertiary/aromatic N) is 1. The fourth-order valence-corrected chi connectivity index (χ4v) is 1.22. The number of halogens is 2. The van der Waals surface area contributed by atoms with Crippen LogP contribution in [-0.4, -0.2) is 36.4 Å². The highest BCUT2D eigenvalue weighted by Crippen LogP contribution is 2.14. The SMILES string of the molecule is CCC(N)(CC)C(=O)N(C)CC(F)F. The average Bonchev–Trinajstić information content (AvgIpc) is 2.14. The van der Waals surface area contributed by atoms with Crippen molar-refractivity contribution in [3.05, 3.63) is 0 Å². The molecule has 0 saturated carbocycles. The number of carbonyl (C=O) groups is 1. The third-order valence-electron chi connectivity index (χ3n) is 2.45. The molecular weight excluding hydrogens is 190 g/mol. The maximum absolute atomic E-state index is 12.0. The Morgan fingerprint density at radius 1 is 1.43 bits per heavy atom. The maximum Gasteiger partial charge on any atom is 0.255 e. The molecule has 0 heterocycles. The van der Waals surface area contributed by atoms with Crippen molar-refractivity contribution in [3.8, 4) is 0 Å². The minimum Gasteiger partial charge on any atom is -0.338 e. The van der Waals surface area contributed by atoms with Gasteiger partial charge in [0.2, 0.25) is 5.91 Å². The van der Waals surface area contributed by atoms with Crippen LogP contribution < -0.4 is 5.73 Å². The quantitative estimate of drug-likeness (QED) is 0.738. The van der Waals surface area contributed by atoms with E-state index in [1.54, 1.807) is 13.8 Å². The van der Waals surface area contributed by atoms with E-state index >= 15 is 0 Å². The van der Waals surface area contributed by atoms with Gasteiger partial charge >= 0.3 is 0 Å². The number of likely N-dealkylation sites (N-methyl/N-ethyl adjacent to an activating group) is 1. The number of alkyl halides is 2. The molecule has 0 unspecified atom stereocenters. The molecule has 14 heavy (non-hydrogen) atoms. The van der Waals surface area contributed by atoms with Crippen LogP contribution in [0, 0.1) is 0 Å². The lowest BCUT2D eigenvalue weighted by molar-refractivity contribution is -0.137. The summed E-state index contributed by atoms with van der Waals surface area (Å²) in [7, 11) is 1.35. The van der Waals surface area contributed by atoms with Crippen LogP contribution in [0.2, 0.25) is 0 Å². The van der Waals surface area contributed by atoms with Crippen LogP contribution in [-0.2, 0) is 4.79 Å². The molecule has 0 atom stereocenters. The van der Waals surface area contributed by atoms with Crippen molar-refractivity contribution in [2.75, 3.05) is 13.6 Å². The Bertz CT molecular complexity index is 193. The van der Waals surface area contributed by atoms with E-state index in [9.17, 15) is 13.6 Å². The van der Waals surface area contributed by atoms with Gasteiger partial charge in [-0.25, -0.2) is 8.78 Å². The fraction of sp³-hybridized carbons (Fsp3) is 0.889. The van der Waals surface area contributed by atoms with E-state index < -0.39 is 24.4 Å². The molecule has 0 aliphatic heterocycles. The molecule has 0 radical (unpaired) electrons. The summed E-state index contributed by atoms with van der Waals surface area (Å²) in [6.45, 7) is 2.99. The topological polar surface area (TPSA) is 46.3 Å². The van der Waals surface area contributed by atoms with Crippen molar-refractivity contribution in [1.29, 1.82) is 0 Å². The van der Waals surface area contributed by atoms with E-state index in [2.05, 4.69) is 0 Å². The van der Waals surface area contributed by atoms with Gasteiger partial charge in [-0.2, -0.15) is 0 Å². The molecule has 0 fully saturated rings. The first kappa shape index (κ1) is 13.3. The molecule has 0 aromatic rings. The van der Waals surface area contributed by atoms with Crippen molar-refractivity contribution in [2.24, 2.45) is 5.73 Å². The van der Waals surface area contributed by atoms with Gasteiger partial charge in [0.1, 0.15) is 0 Å². The Labute approximate surface area is 83.3 Å². The van der Waals surface area contributed by atoms with E-state index in [0.717, 1.165) is 4.90 Å². The molecule has 0 bridgehead atoms. The van der Waals surface area contributed by atoms with Gasteiger partial charge in [-0.3, -0.25) is 4.79 Å². The Morgan fingerprint density at radius 2 is 1.86 bits per heavy atom. The van der Waals surface area contributed by atoms with Crippen LogP contribution in [0.1, 0.15) is 26.7 Å². The van der Waals surface area contributed by atoms with Gasteiger partial charge in [0, 0.05) is 7.05 Å². The third kappa shape index (κ3) is 3.21. The molecule has 0 aliphatic rings. The van der Waals surface area contributed by atoms with E-state index in [-0.39, 0.29) is 0 Å².